The van der Waals surface area contributed by atoms with Gasteiger partial charge in [-0.25, -0.2) is 0 Å². The Labute approximate surface area is 163 Å². The van der Waals surface area contributed by atoms with Gasteiger partial charge in [-0.3, -0.25) is 4.90 Å². The fourth-order valence-electron chi connectivity index (χ4n) is 4.82. The second-order valence-corrected chi connectivity index (χ2v) is 7.98. The molecule has 1 saturated heterocycles. The van der Waals surface area contributed by atoms with Gasteiger partial charge in [0.1, 0.15) is 6.61 Å². The van der Waals surface area contributed by atoms with Crippen LogP contribution in [-0.2, 0) is 13.2 Å². The molecule has 0 aromatic heterocycles. The quantitative estimate of drug-likeness (QED) is 0.681. The van der Waals surface area contributed by atoms with Crippen molar-refractivity contribution in [2.45, 2.75) is 57.7 Å². The Hall–Kier alpha value is -2.00. The Balaban J connectivity index is 1.43. The van der Waals surface area contributed by atoms with Gasteiger partial charge in [0.25, 0.3) is 0 Å². The van der Waals surface area contributed by atoms with E-state index in [1.165, 1.54) is 56.2 Å². The van der Waals surface area contributed by atoms with E-state index in [1.54, 1.807) is 7.11 Å². The number of piperidine rings is 1. The van der Waals surface area contributed by atoms with Crippen molar-refractivity contribution < 1.29 is 9.47 Å². The zero-order valence-corrected chi connectivity index (χ0v) is 16.4. The van der Waals surface area contributed by atoms with E-state index in [0.29, 0.717) is 6.61 Å². The van der Waals surface area contributed by atoms with E-state index in [-0.39, 0.29) is 0 Å². The van der Waals surface area contributed by atoms with Crippen molar-refractivity contribution in [3.63, 3.8) is 0 Å². The SMILES string of the molecule is COc1cc(CN2CCC[C@@H]3CCCC[C@@H]32)ccc1OCc1ccccc1. The number of methoxy groups -OCH3 is 1. The van der Waals surface area contributed by atoms with Crippen LogP contribution in [0.25, 0.3) is 0 Å². The second kappa shape index (κ2) is 8.79. The lowest BCUT2D eigenvalue weighted by atomic mass is 9.78. The molecule has 0 bridgehead atoms. The van der Waals surface area contributed by atoms with E-state index in [1.807, 2.05) is 18.2 Å². The highest BCUT2D eigenvalue weighted by atomic mass is 16.5. The Bertz CT molecular complexity index is 728. The summed E-state index contributed by atoms with van der Waals surface area (Å²) in [6, 6.07) is 17.5. The maximum Gasteiger partial charge on any atom is 0.161 e. The average Bonchev–Trinajstić information content (AvgIpc) is 2.74. The Morgan fingerprint density at radius 1 is 0.889 bits per heavy atom. The minimum atomic E-state index is 0.562. The zero-order valence-electron chi connectivity index (χ0n) is 16.4. The van der Waals surface area contributed by atoms with Crippen LogP contribution in [-0.4, -0.2) is 24.6 Å². The summed E-state index contributed by atoms with van der Waals surface area (Å²) in [5, 5.41) is 0. The molecule has 27 heavy (non-hydrogen) atoms. The van der Waals surface area contributed by atoms with E-state index in [2.05, 4.69) is 35.2 Å². The third-order valence-corrected chi connectivity index (χ3v) is 6.21. The predicted octanol–water partition coefficient (Wildman–Crippen LogP) is 5.43. The van der Waals surface area contributed by atoms with Crippen LogP contribution >= 0.6 is 0 Å². The molecule has 3 heteroatoms. The molecule has 0 radical (unpaired) electrons. The first-order valence-electron chi connectivity index (χ1n) is 10.4. The van der Waals surface area contributed by atoms with Gasteiger partial charge in [-0.2, -0.15) is 0 Å². The summed E-state index contributed by atoms with van der Waals surface area (Å²) >= 11 is 0. The van der Waals surface area contributed by atoms with E-state index in [0.717, 1.165) is 30.0 Å². The number of ether oxygens (including phenoxy) is 2. The van der Waals surface area contributed by atoms with Crippen molar-refractivity contribution in [3.05, 3.63) is 59.7 Å². The van der Waals surface area contributed by atoms with Gasteiger partial charge in [0.15, 0.2) is 11.5 Å². The smallest absolute Gasteiger partial charge is 0.161 e. The van der Waals surface area contributed by atoms with Gasteiger partial charge >= 0.3 is 0 Å². The minimum Gasteiger partial charge on any atom is -0.493 e. The molecule has 2 aromatic carbocycles. The average molecular weight is 366 g/mol. The van der Waals surface area contributed by atoms with E-state index < -0.39 is 0 Å². The van der Waals surface area contributed by atoms with Crippen molar-refractivity contribution in [3.8, 4) is 11.5 Å². The van der Waals surface area contributed by atoms with Crippen molar-refractivity contribution in [1.82, 2.24) is 4.90 Å². The molecule has 0 spiro atoms. The normalized spacial score (nSPS) is 22.9. The number of hydrogen-bond donors (Lipinski definition) is 0. The molecule has 1 aliphatic carbocycles. The first-order valence-corrected chi connectivity index (χ1v) is 10.4. The largest absolute Gasteiger partial charge is 0.493 e. The standard InChI is InChI=1S/C24H31NO2/c1-26-24-16-20(13-14-23(24)27-18-19-8-3-2-4-9-19)17-25-15-7-11-21-10-5-6-12-22(21)25/h2-4,8-9,13-14,16,21-22H,5-7,10-12,15,17-18H2,1H3/t21-,22-/m0/s1. The van der Waals surface area contributed by atoms with Gasteiger partial charge in [-0.05, 0) is 61.4 Å². The van der Waals surface area contributed by atoms with Gasteiger partial charge in [0.05, 0.1) is 7.11 Å². The molecule has 144 valence electrons. The predicted molar refractivity (Wildman–Crippen MR) is 109 cm³/mol. The van der Waals surface area contributed by atoms with E-state index in [9.17, 15) is 0 Å². The molecule has 4 rings (SSSR count). The first-order chi connectivity index (χ1) is 13.3. The molecule has 2 aromatic rings. The van der Waals surface area contributed by atoms with Crippen LogP contribution in [0.2, 0.25) is 0 Å². The van der Waals surface area contributed by atoms with Gasteiger partial charge in [0, 0.05) is 12.6 Å². The maximum absolute atomic E-state index is 6.01. The molecule has 1 heterocycles. The lowest BCUT2D eigenvalue weighted by molar-refractivity contribution is 0.0546. The topological polar surface area (TPSA) is 21.7 Å². The molecule has 3 nitrogen and oxygen atoms in total. The molecule has 2 fully saturated rings. The van der Waals surface area contributed by atoms with Crippen molar-refractivity contribution in [1.29, 1.82) is 0 Å². The van der Waals surface area contributed by atoms with Crippen molar-refractivity contribution in [2.75, 3.05) is 13.7 Å². The minimum absolute atomic E-state index is 0.562. The van der Waals surface area contributed by atoms with Crippen LogP contribution in [0.4, 0.5) is 0 Å². The summed E-state index contributed by atoms with van der Waals surface area (Å²) in [5.74, 6) is 2.57. The van der Waals surface area contributed by atoms with Crippen molar-refractivity contribution in [2.24, 2.45) is 5.92 Å². The Morgan fingerprint density at radius 3 is 2.56 bits per heavy atom. The molecule has 1 aliphatic heterocycles. The lowest BCUT2D eigenvalue weighted by Gasteiger charge is -2.44. The summed E-state index contributed by atoms with van der Waals surface area (Å²) < 4.78 is 11.6. The molecular formula is C24H31NO2. The molecule has 1 saturated carbocycles. The summed E-state index contributed by atoms with van der Waals surface area (Å²) in [4.78, 5) is 2.71. The summed E-state index contributed by atoms with van der Waals surface area (Å²) in [5.41, 5.74) is 2.49. The Kier molecular flexibility index (Phi) is 5.98. The first kappa shape index (κ1) is 18.4. The fraction of sp³-hybridized carbons (Fsp3) is 0.500. The third-order valence-electron chi connectivity index (χ3n) is 6.21. The van der Waals surface area contributed by atoms with Gasteiger partial charge in [-0.15, -0.1) is 0 Å². The highest BCUT2D eigenvalue weighted by Gasteiger charge is 2.33. The summed E-state index contributed by atoms with van der Waals surface area (Å²) in [7, 11) is 1.73. The number of hydrogen-bond acceptors (Lipinski definition) is 3. The maximum atomic E-state index is 6.01. The van der Waals surface area contributed by atoms with Crippen LogP contribution in [0.3, 0.4) is 0 Å². The van der Waals surface area contributed by atoms with Crippen LogP contribution in [0.15, 0.2) is 48.5 Å². The number of rotatable bonds is 6. The lowest BCUT2D eigenvalue weighted by Crippen LogP contribution is -2.46. The van der Waals surface area contributed by atoms with Crippen molar-refractivity contribution >= 4 is 0 Å². The van der Waals surface area contributed by atoms with E-state index in [4.69, 9.17) is 9.47 Å². The number of nitrogens with zero attached hydrogens (tertiary/aromatic N) is 1. The van der Waals surface area contributed by atoms with Crippen LogP contribution in [0, 0.1) is 5.92 Å². The molecule has 0 amide bonds. The van der Waals surface area contributed by atoms with Crippen LogP contribution in [0.5, 0.6) is 11.5 Å². The molecule has 2 atom stereocenters. The fourth-order valence-corrected chi connectivity index (χ4v) is 4.82. The highest BCUT2D eigenvalue weighted by molar-refractivity contribution is 5.43. The number of fused-ring (bicyclic) bond motifs is 1. The molecule has 0 unspecified atom stereocenters. The van der Waals surface area contributed by atoms with Gasteiger partial charge < -0.3 is 9.47 Å². The molecular weight excluding hydrogens is 334 g/mol. The monoisotopic (exact) mass is 365 g/mol. The van der Waals surface area contributed by atoms with Gasteiger partial charge in [-0.1, -0.05) is 49.2 Å². The molecule has 0 N–H and O–H groups in total. The number of likely N-dealkylation sites (tertiary alicyclic amines) is 1. The highest BCUT2D eigenvalue weighted by Crippen LogP contribution is 2.37. The zero-order chi connectivity index (χ0) is 18.5. The van der Waals surface area contributed by atoms with Crippen LogP contribution in [0.1, 0.15) is 49.7 Å². The van der Waals surface area contributed by atoms with Gasteiger partial charge in [0.2, 0.25) is 0 Å². The summed E-state index contributed by atoms with van der Waals surface area (Å²) in [6.45, 7) is 2.82. The summed E-state index contributed by atoms with van der Waals surface area (Å²) in [6.07, 6.45) is 8.40. The van der Waals surface area contributed by atoms with Crippen LogP contribution < -0.4 is 9.47 Å². The second-order valence-electron chi connectivity index (χ2n) is 7.98. The number of benzene rings is 2. The van der Waals surface area contributed by atoms with E-state index >= 15 is 0 Å². The Morgan fingerprint density at radius 2 is 1.70 bits per heavy atom. The molecule has 2 aliphatic rings. The third kappa shape index (κ3) is 4.47.